The van der Waals surface area contributed by atoms with Crippen LogP contribution in [0.1, 0.15) is 97.8 Å². The molecule has 170 valence electrons. The summed E-state index contributed by atoms with van der Waals surface area (Å²) in [6, 6.07) is 0.757. The van der Waals surface area contributed by atoms with Crippen molar-refractivity contribution in [3.63, 3.8) is 0 Å². The van der Waals surface area contributed by atoms with Crippen LogP contribution in [0.3, 0.4) is 0 Å². The second-order valence-electron chi connectivity index (χ2n) is 8.55. The molecule has 0 radical (unpaired) electrons. The zero-order chi connectivity index (χ0) is 22.0. The summed E-state index contributed by atoms with van der Waals surface area (Å²) < 4.78 is 0. The molecule has 1 N–H and O–H groups in total. The number of carbonyl (C=O) groups is 2. The van der Waals surface area contributed by atoms with Gasteiger partial charge in [0.2, 0.25) is 11.8 Å². The molecule has 0 aromatic rings. The second kappa shape index (κ2) is 16.9. The van der Waals surface area contributed by atoms with Crippen LogP contribution in [0, 0.1) is 0 Å². The molecular formula is C26H44N2O2. The van der Waals surface area contributed by atoms with E-state index in [0.29, 0.717) is 18.9 Å². The van der Waals surface area contributed by atoms with Gasteiger partial charge in [-0.3, -0.25) is 9.59 Å². The van der Waals surface area contributed by atoms with Gasteiger partial charge >= 0.3 is 0 Å². The van der Waals surface area contributed by atoms with Crippen molar-refractivity contribution in [2.24, 2.45) is 0 Å². The Morgan fingerprint density at radius 2 is 1.53 bits per heavy atom. The Hall–Kier alpha value is -1.84. The summed E-state index contributed by atoms with van der Waals surface area (Å²) in [6.45, 7) is 7.28. The first-order valence-corrected chi connectivity index (χ1v) is 12.1. The van der Waals surface area contributed by atoms with Gasteiger partial charge in [0, 0.05) is 31.5 Å². The molecule has 4 heteroatoms. The number of hydrogen-bond donors (Lipinski definition) is 1. The van der Waals surface area contributed by atoms with Gasteiger partial charge in [-0.05, 0) is 65.2 Å². The Balaban J connectivity index is 2.02. The first kappa shape index (κ1) is 26.2. The van der Waals surface area contributed by atoms with Gasteiger partial charge in [-0.15, -0.1) is 0 Å². The molecule has 0 bridgehead atoms. The van der Waals surface area contributed by atoms with Gasteiger partial charge < -0.3 is 10.2 Å². The predicted molar refractivity (Wildman–Crippen MR) is 127 cm³/mol. The summed E-state index contributed by atoms with van der Waals surface area (Å²) in [7, 11) is 0. The summed E-state index contributed by atoms with van der Waals surface area (Å²) >= 11 is 0. The van der Waals surface area contributed by atoms with Crippen LogP contribution in [0.25, 0.3) is 0 Å². The maximum atomic E-state index is 12.4. The van der Waals surface area contributed by atoms with Crippen molar-refractivity contribution in [3.05, 3.63) is 36.5 Å². The minimum Gasteiger partial charge on any atom is -0.353 e. The molecule has 0 aromatic carbocycles. The molecular weight excluding hydrogens is 372 g/mol. The molecule has 0 aliphatic heterocycles. The number of nitrogens with zero attached hydrogens (tertiary/aromatic N) is 1. The summed E-state index contributed by atoms with van der Waals surface area (Å²) in [5, 5.41) is 3.02. The van der Waals surface area contributed by atoms with E-state index < -0.39 is 0 Å². The van der Waals surface area contributed by atoms with E-state index in [1.165, 1.54) is 12.8 Å². The number of carbonyl (C=O) groups excluding carboxylic acids is 2. The lowest BCUT2D eigenvalue weighted by molar-refractivity contribution is -0.132. The average Bonchev–Trinajstić information content (AvgIpc) is 3.52. The van der Waals surface area contributed by atoms with E-state index in [4.69, 9.17) is 0 Å². The predicted octanol–water partition coefficient (Wildman–Crippen LogP) is 6.09. The molecule has 1 aliphatic rings. The maximum Gasteiger partial charge on any atom is 0.223 e. The summed E-state index contributed by atoms with van der Waals surface area (Å²) in [5.74, 6) is 0.476. The molecule has 0 aromatic heterocycles. The fourth-order valence-electron chi connectivity index (χ4n) is 3.24. The number of hydrogen-bond acceptors (Lipinski definition) is 2. The lowest BCUT2D eigenvalue weighted by atomic mass is 10.2. The third-order valence-corrected chi connectivity index (χ3v) is 5.23. The molecule has 2 amide bonds. The standard InChI is InChI=1S/C26H44N2O2/c1-4-5-17-22-28(23(2)3)26(30)19-16-14-12-10-8-6-7-9-11-13-15-18-25(29)27-24-20-21-24/h6,8-9,11-12,14,23-24H,4-5,7,10,13,15-22H2,1-3H3,(H,27,29). The van der Waals surface area contributed by atoms with Crippen LogP contribution in [0.4, 0.5) is 0 Å². The number of rotatable bonds is 17. The zero-order valence-corrected chi connectivity index (χ0v) is 19.6. The highest BCUT2D eigenvalue weighted by Crippen LogP contribution is 2.18. The van der Waals surface area contributed by atoms with Crippen molar-refractivity contribution in [1.82, 2.24) is 10.2 Å². The largest absolute Gasteiger partial charge is 0.353 e. The van der Waals surface area contributed by atoms with E-state index in [2.05, 4.69) is 62.5 Å². The lowest BCUT2D eigenvalue weighted by Crippen LogP contribution is -2.37. The van der Waals surface area contributed by atoms with E-state index in [0.717, 1.165) is 57.9 Å². The zero-order valence-electron chi connectivity index (χ0n) is 19.6. The second-order valence-corrected chi connectivity index (χ2v) is 8.55. The average molecular weight is 417 g/mol. The Bertz CT molecular complexity index is 559. The van der Waals surface area contributed by atoms with Crippen molar-refractivity contribution in [1.29, 1.82) is 0 Å². The van der Waals surface area contributed by atoms with Crippen molar-refractivity contribution in [2.75, 3.05) is 6.54 Å². The quantitative estimate of drug-likeness (QED) is 0.230. The third-order valence-electron chi connectivity index (χ3n) is 5.23. The molecule has 30 heavy (non-hydrogen) atoms. The summed E-state index contributed by atoms with van der Waals surface area (Å²) in [6.07, 6.45) is 24.5. The van der Waals surface area contributed by atoms with E-state index in [1.54, 1.807) is 0 Å². The highest BCUT2D eigenvalue weighted by Gasteiger charge is 2.22. The van der Waals surface area contributed by atoms with Crippen LogP contribution < -0.4 is 5.32 Å². The summed E-state index contributed by atoms with van der Waals surface area (Å²) in [5.41, 5.74) is 0. The molecule has 0 heterocycles. The van der Waals surface area contributed by atoms with Crippen LogP contribution in [-0.2, 0) is 9.59 Å². The van der Waals surface area contributed by atoms with Gasteiger partial charge in [-0.2, -0.15) is 0 Å². The fourth-order valence-corrected chi connectivity index (χ4v) is 3.24. The third kappa shape index (κ3) is 14.2. The van der Waals surface area contributed by atoms with E-state index in [-0.39, 0.29) is 17.9 Å². The van der Waals surface area contributed by atoms with Gasteiger partial charge in [0.15, 0.2) is 0 Å². The van der Waals surface area contributed by atoms with E-state index in [1.807, 2.05) is 4.90 Å². The Labute approximate surface area is 184 Å². The molecule has 0 saturated heterocycles. The molecule has 1 aliphatic carbocycles. The van der Waals surface area contributed by atoms with Crippen molar-refractivity contribution < 1.29 is 9.59 Å². The summed E-state index contributed by atoms with van der Waals surface area (Å²) in [4.78, 5) is 26.0. The first-order valence-electron chi connectivity index (χ1n) is 12.1. The Morgan fingerprint density at radius 1 is 0.900 bits per heavy atom. The molecule has 1 rings (SSSR count). The highest BCUT2D eigenvalue weighted by atomic mass is 16.2. The first-order chi connectivity index (χ1) is 14.5. The Morgan fingerprint density at radius 3 is 2.13 bits per heavy atom. The van der Waals surface area contributed by atoms with Crippen molar-refractivity contribution in [2.45, 2.75) is 110 Å². The minimum atomic E-state index is 0.202. The molecule has 1 fully saturated rings. The topological polar surface area (TPSA) is 49.4 Å². The minimum absolute atomic E-state index is 0.202. The van der Waals surface area contributed by atoms with Gasteiger partial charge in [0.05, 0.1) is 0 Å². The van der Waals surface area contributed by atoms with Crippen LogP contribution in [0.15, 0.2) is 36.5 Å². The molecule has 0 unspecified atom stereocenters. The number of unbranched alkanes of at least 4 members (excludes halogenated alkanes) is 3. The smallest absolute Gasteiger partial charge is 0.223 e. The molecule has 0 atom stereocenters. The lowest BCUT2D eigenvalue weighted by Gasteiger charge is -2.26. The SMILES string of the molecule is CCCCCN(C(=O)CCC=CCC=CCC=CCCCC(=O)NC1CC1)C(C)C. The molecule has 0 spiro atoms. The van der Waals surface area contributed by atoms with Crippen LogP contribution >= 0.6 is 0 Å². The van der Waals surface area contributed by atoms with Gasteiger partial charge in [0.1, 0.15) is 0 Å². The highest BCUT2D eigenvalue weighted by molar-refractivity contribution is 5.76. The van der Waals surface area contributed by atoms with E-state index >= 15 is 0 Å². The monoisotopic (exact) mass is 416 g/mol. The van der Waals surface area contributed by atoms with Crippen molar-refractivity contribution >= 4 is 11.8 Å². The fraction of sp³-hybridized carbons (Fsp3) is 0.692. The maximum absolute atomic E-state index is 12.4. The van der Waals surface area contributed by atoms with Crippen LogP contribution in [-0.4, -0.2) is 35.3 Å². The van der Waals surface area contributed by atoms with Crippen LogP contribution in [0.5, 0.6) is 0 Å². The molecule has 4 nitrogen and oxygen atoms in total. The molecule has 1 saturated carbocycles. The number of allylic oxidation sites excluding steroid dienone is 6. The van der Waals surface area contributed by atoms with Gasteiger partial charge in [-0.1, -0.05) is 56.2 Å². The van der Waals surface area contributed by atoms with Gasteiger partial charge in [-0.25, -0.2) is 0 Å². The number of nitrogens with one attached hydrogen (secondary N) is 1. The normalized spacial score (nSPS) is 14.4. The van der Waals surface area contributed by atoms with Crippen molar-refractivity contribution in [3.8, 4) is 0 Å². The van der Waals surface area contributed by atoms with Crippen LogP contribution in [0.2, 0.25) is 0 Å². The van der Waals surface area contributed by atoms with Gasteiger partial charge in [0.25, 0.3) is 0 Å². The number of amides is 2. The Kier molecular flexibility index (Phi) is 14.8. The van der Waals surface area contributed by atoms with E-state index in [9.17, 15) is 9.59 Å².